The third kappa shape index (κ3) is 18.3. The first-order chi connectivity index (χ1) is 6.09. The Labute approximate surface area is 102 Å². The van der Waals surface area contributed by atoms with Crippen LogP contribution in [0.1, 0.15) is 46.5 Å². The third-order valence-electron chi connectivity index (χ3n) is 2.08. The molecule has 0 bridgehead atoms. The molecule has 0 rings (SSSR count). The zero-order chi connectivity index (χ0) is 10.7. The van der Waals surface area contributed by atoms with Crippen molar-refractivity contribution in [1.29, 1.82) is 0 Å². The maximum absolute atomic E-state index is 3.94. The fraction of sp³-hybridized carbons (Fsp3) is 0.692. The van der Waals surface area contributed by atoms with Gasteiger partial charge in [0, 0.05) is 16.5 Å². The molecule has 0 aliphatic carbocycles. The molecular formula is C13H26Ni-4. The van der Waals surface area contributed by atoms with E-state index in [1.807, 2.05) is 0 Å². The van der Waals surface area contributed by atoms with E-state index in [2.05, 4.69) is 48.0 Å². The number of rotatable bonds is 5. The Hall–Kier alpha value is 0.494. The first-order valence-electron chi connectivity index (χ1n) is 5.29. The molecule has 0 aromatic carbocycles. The van der Waals surface area contributed by atoms with E-state index in [1.54, 1.807) is 0 Å². The Morgan fingerprint density at radius 3 is 1.64 bits per heavy atom. The van der Waals surface area contributed by atoms with E-state index < -0.39 is 0 Å². The van der Waals surface area contributed by atoms with E-state index in [4.69, 9.17) is 0 Å². The summed E-state index contributed by atoms with van der Waals surface area (Å²) in [6, 6.07) is 0. The largest absolute Gasteiger partial charge is 0.343 e. The number of unbranched alkanes of at least 4 members (excludes halogenated alkanes) is 2. The molecule has 0 fully saturated rings. The first-order valence-corrected chi connectivity index (χ1v) is 5.29. The normalized spacial score (nSPS) is 13.3. The van der Waals surface area contributed by atoms with Gasteiger partial charge in [0.15, 0.2) is 0 Å². The fourth-order valence-electron chi connectivity index (χ4n) is 0.781. The van der Waals surface area contributed by atoms with Crippen LogP contribution in [0.2, 0.25) is 0 Å². The van der Waals surface area contributed by atoms with Crippen LogP contribution in [0, 0.1) is 39.0 Å². The van der Waals surface area contributed by atoms with Gasteiger partial charge in [0.25, 0.3) is 0 Å². The molecule has 0 saturated heterocycles. The summed E-state index contributed by atoms with van der Waals surface area (Å²) < 4.78 is 0. The second-order valence-electron chi connectivity index (χ2n) is 3.66. The van der Waals surface area contributed by atoms with Gasteiger partial charge in [0.2, 0.25) is 0 Å². The van der Waals surface area contributed by atoms with E-state index >= 15 is 0 Å². The topological polar surface area (TPSA) is 0 Å². The summed E-state index contributed by atoms with van der Waals surface area (Å²) in [5.74, 6) is 1.34. The molecule has 2 atom stereocenters. The van der Waals surface area contributed by atoms with Gasteiger partial charge in [-0.1, -0.05) is 19.8 Å². The Morgan fingerprint density at radius 1 is 1.14 bits per heavy atom. The molecular weight excluding hydrogens is 215 g/mol. The predicted molar refractivity (Wildman–Crippen MR) is 62.8 cm³/mol. The van der Waals surface area contributed by atoms with E-state index in [-0.39, 0.29) is 16.5 Å². The van der Waals surface area contributed by atoms with Gasteiger partial charge >= 0.3 is 0 Å². The van der Waals surface area contributed by atoms with Gasteiger partial charge in [-0.15, -0.1) is 6.42 Å². The Balaban J connectivity index is -0.000000177. The van der Waals surface area contributed by atoms with Crippen LogP contribution >= 0.6 is 0 Å². The average Bonchev–Trinajstić information content (AvgIpc) is 2.07. The summed E-state index contributed by atoms with van der Waals surface area (Å²) in [7, 11) is 0. The smallest absolute Gasteiger partial charge is 0 e. The zero-order valence-corrected chi connectivity index (χ0v) is 11.0. The van der Waals surface area contributed by atoms with Crippen molar-refractivity contribution >= 4 is 0 Å². The van der Waals surface area contributed by atoms with Crippen LogP contribution in [0.25, 0.3) is 0 Å². The summed E-state index contributed by atoms with van der Waals surface area (Å²) in [5.41, 5.74) is 0. The summed E-state index contributed by atoms with van der Waals surface area (Å²) in [6.07, 6.45) is 6.63. The number of hydrogen-bond acceptors (Lipinski definition) is 0. The minimum atomic E-state index is 0. The Morgan fingerprint density at radius 2 is 1.57 bits per heavy atom. The first kappa shape index (κ1) is 20.0. The summed E-state index contributed by atoms with van der Waals surface area (Å²) in [6.45, 7) is 17.7. The molecule has 0 aromatic heterocycles. The van der Waals surface area contributed by atoms with Gasteiger partial charge in [-0.05, 0) is 0 Å². The molecule has 0 radical (unpaired) electrons. The van der Waals surface area contributed by atoms with Crippen molar-refractivity contribution in [3.05, 3.63) is 27.2 Å². The van der Waals surface area contributed by atoms with Gasteiger partial charge in [-0.3, -0.25) is 0 Å². The monoisotopic (exact) mass is 240 g/mol. The maximum Gasteiger partial charge on any atom is 0 e. The van der Waals surface area contributed by atoms with Crippen LogP contribution in [0.15, 0.2) is 0 Å². The van der Waals surface area contributed by atoms with Crippen LogP contribution in [-0.2, 0) is 16.5 Å². The van der Waals surface area contributed by atoms with Gasteiger partial charge in [-0.25, -0.2) is 0 Å². The summed E-state index contributed by atoms with van der Waals surface area (Å²) >= 11 is 0. The Bertz CT molecular complexity index is 77.3. The second kappa shape index (κ2) is 15.9. The average molecular weight is 241 g/mol. The molecule has 0 saturated carbocycles. The van der Waals surface area contributed by atoms with Gasteiger partial charge < -0.3 is 27.2 Å². The van der Waals surface area contributed by atoms with Gasteiger partial charge in [-0.2, -0.15) is 32.1 Å². The Kier molecular flexibility index (Phi) is 22.7. The second-order valence-corrected chi connectivity index (χ2v) is 3.66. The van der Waals surface area contributed by atoms with Crippen molar-refractivity contribution < 1.29 is 16.5 Å². The molecule has 2 unspecified atom stereocenters. The van der Waals surface area contributed by atoms with E-state index in [1.165, 1.54) is 12.8 Å². The molecule has 0 spiro atoms. The van der Waals surface area contributed by atoms with Crippen molar-refractivity contribution in [2.45, 2.75) is 46.5 Å². The van der Waals surface area contributed by atoms with Gasteiger partial charge in [0.1, 0.15) is 0 Å². The molecule has 0 nitrogen and oxygen atoms in total. The van der Waals surface area contributed by atoms with Crippen molar-refractivity contribution in [3.8, 4) is 0 Å². The van der Waals surface area contributed by atoms with Crippen molar-refractivity contribution in [2.75, 3.05) is 0 Å². The zero-order valence-electron chi connectivity index (χ0n) is 10.00. The molecule has 1 heteroatoms. The number of hydrogen-bond donors (Lipinski definition) is 0. The van der Waals surface area contributed by atoms with Crippen LogP contribution in [0.5, 0.6) is 0 Å². The molecule has 0 amide bonds. The van der Waals surface area contributed by atoms with E-state index in [0.717, 1.165) is 18.8 Å². The minimum Gasteiger partial charge on any atom is -0.343 e. The van der Waals surface area contributed by atoms with E-state index in [9.17, 15) is 0 Å². The van der Waals surface area contributed by atoms with Crippen LogP contribution in [0.4, 0.5) is 0 Å². The SMILES string of the molecule is [CH2-]C(C)C(C)C[CH-]C.[CH2-]CCC[CH2-].[Ni]. The van der Waals surface area contributed by atoms with Crippen LogP contribution < -0.4 is 0 Å². The standard InChI is InChI=1S/C8H16.C5H10.Ni/c1-5-6-8(4)7(2)3;1-3-5-4-2;/h5,7-8H,2,6H2,1,3-4H3;1-5H2;/q2*-2;. The summed E-state index contributed by atoms with van der Waals surface area (Å²) in [4.78, 5) is 0. The minimum absolute atomic E-state index is 0. The van der Waals surface area contributed by atoms with Crippen LogP contribution in [0.3, 0.4) is 0 Å². The maximum atomic E-state index is 3.94. The quantitative estimate of drug-likeness (QED) is 0.490. The molecule has 0 heterocycles. The molecule has 0 aromatic rings. The predicted octanol–water partition coefficient (Wildman–Crippen LogP) is 4.53. The molecule has 0 aliphatic rings. The molecule has 92 valence electrons. The summed E-state index contributed by atoms with van der Waals surface area (Å²) in [5, 5.41) is 0. The molecule has 14 heavy (non-hydrogen) atoms. The molecule has 0 N–H and O–H groups in total. The van der Waals surface area contributed by atoms with Crippen LogP contribution in [-0.4, -0.2) is 0 Å². The van der Waals surface area contributed by atoms with E-state index in [0.29, 0.717) is 5.92 Å². The van der Waals surface area contributed by atoms with Crippen molar-refractivity contribution in [1.82, 2.24) is 0 Å². The fourth-order valence-corrected chi connectivity index (χ4v) is 0.781. The van der Waals surface area contributed by atoms with Crippen molar-refractivity contribution in [3.63, 3.8) is 0 Å². The van der Waals surface area contributed by atoms with Gasteiger partial charge in [0.05, 0.1) is 0 Å². The van der Waals surface area contributed by atoms with Crippen molar-refractivity contribution in [2.24, 2.45) is 11.8 Å². The molecule has 0 aliphatic heterocycles. The third-order valence-corrected chi connectivity index (χ3v) is 2.08.